The minimum atomic E-state index is -0.285. The van der Waals surface area contributed by atoms with Crippen molar-refractivity contribution in [1.29, 1.82) is 0 Å². The van der Waals surface area contributed by atoms with Crippen LogP contribution in [0.15, 0.2) is 72.8 Å². The highest BCUT2D eigenvalue weighted by Crippen LogP contribution is 2.32. The number of imidazole rings is 1. The SMILES string of the molecule is CCCn1c(CN(Cc2ccc(Cl)cc2Cl)Cc2c(OCC)ccc3ccccc23)nc2cc(F)ccc21. The van der Waals surface area contributed by atoms with Crippen molar-refractivity contribution in [2.75, 3.05) is 6.61 Å². The van der Waals surface area contributed by atoms with Crippen molar-refractivity contribution < 1.29 is 9.13 Å². The van der Waals surface area contributed by atoms with Gasteiger partial charge >= 0.3 is 0 Å². The minimum Gasteiger partial charge on any atom is -0.494 e. The van der Waals surface area contributed by atoms with Gasteiger partial charge in [-0.2, -0.15) is 0 Å². The molecule has 0 saturated carbocycles. The summed E-state index contributed by atoms with van der Waals surface area (Å²) in [5.74, 6) is 1.46. The van der Waals surface area contributed by atoms with Crippen molar-refractivity contribution >= 4 is 45.0 Å². The second-order valence-electron chi connectivity index (χ2n) is 9.39. The number of halogens is 3. The van der Waals surface area contributed by atoms with Gasteiger partial charge in [0.2, 0.25) is 0 Å². The zero-order chi connectivity index (χ0) is 26.6. The van der Waals surface area contributed by atoms with Gasteiger partial charge < -0.3 is 9.30 Å². The number of hydrogen-bond donors (Lipinski definition) is 0. The number of aryl methyl sites for hydroxylation is 1. The number of aromatic nitrogens is 2. The number of fused-ring (bicyclic) bond motifs is 2. The fourth-order valence-corrected chi connectivity index (χ4v) is 5.47. The molecule has 196 valence electrons. The molecule has 5 rings (SSSR count). The topological polar surface area (TPSA) is 30.3 Å². The fraction of sp³-hybridized carbons (Fsp3) is 0.258. The van der Waals surface area contributed by atoms with Gasteiger partial charge in [0.05, 0.1) is 24.2 Å². The Morgan fingerprint density at radius 2 is 1.76 bits per heavy atom. The predicted octanol–water partition coefficient (Wildman–Crippen LogP) is 8.65. The number of benzene rings is 4. The molecule has 0 N–H and O–H groups in total. The fourth-order valence-electron chi connectivity index (χ4n) is 5.00. The van der Waals surface area contributed by atoms with Gasteiger partial charge in [0.15, 0.2) is 0 Å². The normalized spacial score (nSPS) is 11.6. The molecule has 0 unspecified atom stereocenters. The summed E-state index contributed by atoms with van der Waals surface area (Å²) in [6.07, 6.45) is 0.941. The first-order valence-corrected chi connectivity index (χ1v) is 13.7. The van der Waals surface area contributed by atoms with Gasteiger partial charge in [-0.05, 0) is 60.0 Å². The first kappa shape index (κ1) is 26.5. The van der Waals surface area contributed by atoms with Crippen LogP contribution in [0.1, 0.15) is 37.2 Å². The quantitative estimate of drug-likeness (QED) is 0.174. The van der Waals surface area contributed by atoms with Crippen molar-refractivity contribution in [2.24, 2.45) is 0 Å². The lowest BCUT2D eigenvalue weighted by atomic mass is 10.0. The van der Waals surface area contributed by atoms with Crippen LogP contribution in [0.3, 0.4) is 0 Å². The molecule has 0 amide bonds. The van der Waals surface area contributed by atoms with Gasteiger partial charge in [-0.15, -0.1) is 0 Å². The monoisotopic (exact) mass is 549 g/mol. The third-order valence-electron chi connectivity index (χ3n) is 6.69. The maximum Gasteiger partial charge on any atom is 0.125 e. The molecule has 0 bridgehead atoms. The first-order chi connectivity index (χ1) is 18.5. The number of ether oxygens (including phenoxy) is 1. The van der Waals surface area contributed by atoms with Gasteiger partial charge in [-0.1, -0.05) is 66.5 Å². The molecule has 0 aliphatic heterocycles. The average molecular weight is 551 g/mol. The Hall–Kier alpha value is -3.12. The summed E-state index contributed by atoms with van der Waals surface area (Å²) in [6.45, 7) is 7.24. The van der Waals surface area contributed by atoms with Gasteiger partial charge in [0.25, 0.3) is 0 Å². The Kier molecular flexibility index (Phi) is 8.18. The second-order valence-corrected chi connectivity index (χ2v) is 10.2. The van der Waals surface area contributed by atoms with Crippen LogP contribution in [0.25, 0.3) is 21.8 Å². The van der Waals surface area contributed by atoms with Crippen LogP contribution < -0.4 is 4.74 Å². The van der Waals surface area contributed by atoms with Crippen LogP contribution in [-0.2, 0) is 26.2 Å². The molecule has 0 atom stereocenters. The van der Waals surface area contributed by atoms with E-state index in [0.29, 0.717) is 41.8 Å². The largest absolute Gasteiger partial charge is 0.494 e. The third kappa shape index (κ3) is 5.65. The van der Waals surface area contributed by atoms with Crippen molar-refractivity contribution in [3.8, 4) is 5.75 Å². The van der Waals surface area contributed by atoms with E-state index in [4.69, 9.17) is 32.9 Å². The Balaban J connectivity index is 1.59. The number of rotatable bonds is 10. The summed E-state index contributed by atoms with van der Waals surface area (Å²) in [6, 6.07) is 22.9. The minimum absolute atomic E-state index is 0.285. The van der Waals surface area contributed by atoms with E-state index in [0.717, 1.165) is 52.0 Å². The molecule has 4 nitrogen and oxygen atoms in total. The summed E-state index contributed by atoms with van der Waals surface area (Å²) < 4.78 is 22.3. The van der Waals surface area contributed by atoms with Crippen LogP contribution in [0.5, 0.6) is 5.75 Å². The highest BCUT2D eigenvalue weighted by atomic mass is 35.5. The van der Waals surface area contributed by atoms with E-state index in [1.54, 1.807) is 6.07 Å². The lowest BCUT2D eigenvalue weighted by molar-refractivity contribution is 0.233. The molecule has 0 fully saturated rings. The number of hydrogen-bond acceptors (Lipinski definition) is 3. The number of nitrogens with zero attached hydrogens (tertiary/aromatic N) is 3. The van der Waals surface area contributed by atoms with Crippen molar-refractivity contribution in [1.82, 2.24) is 14.5 Å². The highest BCUT2D eigenvalue weighted by molar-refractivity contribution is 6.35. The lowest BCUT2D eigenvalue weighted by Crippen LogP contribution is -2.25. The molecule has 4 aromatic carbocycles. The Bertz CT molecular complexity index is 1580. The molecule has 38 heavy (non-hydrogen) atoms. The van der Waals surface area contributed by atoms with E-state index in [-0.39, 0.29) is 5.82 Å². The van der Waals surface area contributed by atoms with Crippen LogP contribution in [0, 0.1) is 5.82 Å². The standard InChI is InChI=1S/C31H30Cl2FN3O/c1-3-15-37-29-13-12-24(34)17-28(29)35-31(37)20-36(18-22-9-11-23(32)16-27(22)33)19-26-25-8-6-5-7-21(25)10-14-30(26)38-4-2/h5-14,16-17H,3-4,15,18-20H2,1-2H3. The molecule has 0 radical (unpaired) electrons. The van der Waals surface area contributed by atoms with E-state index < -0.39 is 0 Å². The maximum atomic E-state index is 14.0. The third-order valence-corrected chi connectivity index (χ3v) is 7.28. The first-order valence-electron chi connectivity index (χ1n) is 12.9. The average Bonchev–Trinajstić information content (AvgIpc) is 3.23. The molecule has 0 spiro atoms. The molecular weight excluding hydrogens is 520 g/mol. The molecule has 0 aliphatic carbocycles. The summed E-state index contributed by atoms with van der Waals surface area (Å²) >= 11 is 12.8. The van der Waals surface area contributed by atoms with Crippen LogP contribution in [-0.4, -0.2) is 21.1 Å². The van der Waals surface area contributed by atoms with Gasteiger partial charge in [0, 0.05) is 41.3 Å². The Morgan fingerprint density at radius 3 is 2.55 bits per heavy atom. The molecule has 1 aromatic heterocycles. The van der Waals surface area contributed by atoms with Crippen molar-refractivity contribution in [3.05, 3.63) is 106 Å². The predicted molar refractivity (Wildman–Crippen MR) is 155 cm³/mol. The van der Waals surface area contributed by atoms with E-state index in [9.17, 15) is 4.39 Å². The Labute approximate surface area is 232 Å². The van der Waals surface area contributed by atoms with Crippen LogP contribution in [0.4, 0.5) is 4.39 Å². The van der Waals surface area contributed by atoms with Crippen molar-refractivity contribution in [3.63, 3.8) is 0 Å². The summed E-state index contributed by atoms with van der Waals surface area (Å²) in [5, 5.41) is 3.53. The summed E-state index contributed by atoms with van der Waals surface area (Å²) in [5.41, 5.74) is 3.68. The second kappa shape index (κ2) is 11.7. The smallest absolute Gasteiger partial charge is 0.125 e. The highest BCUT2D eigenvalue weighted by Gasteiger charge is 2.19. The van der Waals surface area contributed by atoms with E-state index in [2.05, 4.69) is 40.7 Å². The zero-order valence-corrected chi connectivity index (χ0v) is 23.1. The van der Waals surface area contributed by atoms with Crippen LogP contribution in [0.2, 0.25) is 10.0 Å². The summed E-state index contributed by atoms with van der Waals surface area (Å²) in [4.78, 5) is 7.18. The molecule has 0 aliphatic rings. The molecule has 7 heteroatoms. The molecule has 0 saturated heterocycles. The van der Waals surface area contributed by atoms with Crippen LogP contribution >= 0.6 is 23.2 Å². The zero-order valence-electron chi connectivity index (χ0n) is 21.6. The van der Waals surface area contributed by atoms with Crippen molar-refractivity contribution in [2.45, 2.75) is 46.4 Å². The van der Waals surface area contributed by atoms with E-state index in [1.165, 1.54) is 12.1 Å². The van der Waals surface area contributed by atoms with Gasteiger partial charge in [-0.25, -0.2) is 9.37 Å². The van der Waals surface area contributed by atoms with E-state index in [1.807, 2.05) is 37.3 Å². The van der Waals surface area contributed by atoms with Gasteiger partial charge in [-0.3, -0.25) is 4.90 Å². The molecular formula is C31H30Cl2FN3O. The lowest BCUT2D eigenvalue weighted by Gasteiger charge is -2.25. The molecule has 1 heterocycles. The molecule has 5 aromatic rings. The van der Waals surface area contributed by atoms with E-state index >= 15 is 0 Å². The Morgan fingerprint density at radius 1 is 0.921 bits per heavy atom. The maximum absolute atomic E-state index is 14.0. The summed E-state index contributed by atoms with van der Waals surface area (Å²) in [7, 11) is 0. The van der Waals surface area contributed by atoms with Gasteiger partial charge in [0.1, 0.15) is 17.4 Å².